The molecule has 0 heterocycles. The second kappa shape index (κ2) is 3.75. The van der Waals surface area contributed by atoms with Gasteiger partial charge >= 0.3 is 0 Å². The van der Waals surface area contributed by atoms with Crippen LogP contribution in [0.1, 0.15) is 40.0 Å². The Hall–Kier alpha value is -0.0800. The quantitative estimate of drug-likeness (QED) is 0.702. The summed E-state index contributed by atoms with van der Waals surface area (Å²) in [5, 5.41) is 10.00. The zero-order valence-electron chi connectivity index (χ0n) is 8.34. The van der Waals surface area contributed by atoms with Crippen LogP contribution in [0.5, 0.6) is 0 Å². The number of rotatable bonds is 4. The van der Waals surface area contributed by atoms with Gasteiger partial charge in [0.2, 0.25) is 0 Å². The van der Waals surface area contributed by atoms with Crippen LogP contribution in [0.3, 0.4) is 0 Å². The Morgan fingerprint density at radius 2 is 2.08 bits per heavy atom. The summed E-state index contributed by atoms with van der Waals surface area (Å²) in [6.07, 6.45) is 3.02. The van der Waals surface area contributed by atoms with E-state index in [2.05, 4.69) is 13.8 Å². The van der Waals surface area contributed by atoms with Gasteiger partial charge in [0.15, 0.2) is 0 Å². The Balaban J connectivity index is 2.29. The summed E-state index contributed by atoms with van der Waals surface area (Å²) in [5.74, 6) is 0.411. The van der Waals surface area contributed by atoms with E-state index in [1.54, 1.807) is 0 Å². The van der Waals surface area contributed by atoms with Crippen LogP contribution in [-0.2, 0) is 4.74 Å². The SMILES string of the molecule is CCOC1CC(O)(C(C)CC)C1. The van der Waals surface area contributed by atoms with Gasteiger partial charge in [-0.3, -0.25) is 0 Å². The predicted octanol–water partition coefficient (Wildman–Crippen LogP) is 1.96. The molecule has 1 fully saturated rings. The average molecular weight is 172 g/mol. The van der Waals surface area contributed by atoms with E-state index in [0.717, 1.165) is 25.9 Å². The van der Waals surface area contributed by atoms with Gasteiger partial charge < -0.3 is 9.84 Å². The van der Waals surface area contributed by atoms with E-state index in [-0.39, 0.29) is 0 Å². The Kier molecular flexibility index (Phi) is 3.13. The van der Waals surface area contributed by atoms with Gasteiger partial charge in [-0.15, -0.1) is 0 Å². The van der Waals surface area contributed by atoms with Gasteiger partial charge in [-0.2, -0.15) is 0 Å². The number of ether oxygens (including phenoxy) is 1. The van der Waals surface area contributed by atoms with Crippen molar-refractivity contribution >= 4 is 0 Å². The van der Waals surface area contributed by atoms with Crippen LogP contribution in [-0.4, -0.2) is 23.4 Å². The third-order valence-corrected chi connectivity index (χ3v) is 3.09. The van der Waals surface area contributed by atoms with Crippen molar-refractivity contribution in [2.45, 2.75) is 51.7 Å². The summed E-state index contributed by atoms with van der Waals surface area (Å²) in [4.78, 5) is 0. The van der Waals surface area contributed by atoms with Crippen LogP contribution in [0.4, 0.5) is 0 Å². The third-order valence-electron chi connectivity index (χ3n) is 3.09. The Morgan fingerprint density at radius 1 is 1.50 bits per heavy atom. The monoisotopic (exact) mass is 172 g/mol. The molecule has 0 radical (unpaired) electrons. The highest BCUT2D eigenvalue weighted by atomic mass is 16.5. The summed E-state index contributed by atoms with van der Waals surface area (Å²) in [7, 11) is 0. The van der Waals surface area contributed by atoms with Gasteiger partial charge in [0.1, 0.15) is 0 Å². The lowest BCUT2D eigenvalue weighted by Crippen LogP contribution is -2.52. The highest BCUT2D eigenvalue weighted by Crippen LogP contribution is 2.41. The van der Waals surface area contributed by atoms with Crippen LogP contribution < -0.4 is 0 Å². The molecule has 0 aromatic heterocycles. The number of hydrogen-bond donors (Lipinski definition) is 1. The molecule has 1 atom stereocenters. The molecule has 0 spiro atoms. The number of hydrogen-bond acceptors (Lipinski definition) is 2. The fourth-order valence-corrected chi connectivity index (χ4v) is 1.86. The molecule has 1 aliphatic rings. The second-order valence-corrected chi connectivity index (χ2v) is 3.90. The van der Waals surface area contributed by atoms with E-state index in [1.807, 2.05) is 6.92 Å². The van der Waals surface area contributed by atoms with E-state index in [4.69, 9.17) is 4.74 Å². The molecule has 1 unspecified atom stereocenters. The first kappa shape index (κ1) is 10.0. The Morgan fingerprint density at radius 3 is 2.50 bits per heavy atom. The van der Waals surface area contributed by atoms with Crippen LogP contribution in [0.15, 0.2) is 0 Å². The van der Waals surface area contributed by atoms with Gasteiger partial charge in [-0.25, -0.2) is 0 Å². The Bertz CT molecular complexity index is 139. The molecule has 0 aromatic carbocycles. The first-order valence-corrected chi connectivity index (χ1v) is 4.96. The molecule has 0 amide bonds. The molecule has 12 heavy (non-hydrogen) atoms. The zero-order valence-corrected chi connectivity index (χ0v) is 8.34. The van der Waals surface area contributed by atoms with Gasteiger partial charge in [-0.05, 0) is 12.8 Å². The first-order chi connectivity index (χ1) is 5.62. The van der Waals surface area contributed by atoms with Crippen LogP contribution >= 0.6 is 0 Å². The minimum atomic E-state index is -0.422. The molecular formula is C10H20O2. The average Bonchev–Trinajstić information content (AvgIpc) is 2.00. The molecule has 0 saturated heterocycles. The van der Waals surface area contributed by atoms with E-state index < -0.39 is 5.60 Å². The molecule has 1 saturated carbocycles. The lowest BCUT2D eigenvalue weighted by atomic mass is 9.69. The zero-order chi connectivity index (χ0) is 9.19. The lowest BCUT2D eigenvalue weighted by molar-refractivity contribution is -0.163. The predicted molar refractivity (Wildman–Crippen MR) is 49.1 cm³/mol. The second-order valence-electron chi connectivity index (χ2n) is 3.90. The van der Waals surface area contributed by atoms with Crippen LogP contribution in [0.2, 0.25) is 0 Å². The lowest BCUT2D eigenvalue weighted by Gasteiger charge is -2.47. The van der Waals surface area contributed by atoms with Crippen molar-refractivity contribution in [3.63, 3.8) is 0 Å². The van der Waals surface area contributed by atoms with Crippen molar-refractivity contribution in [1.29, 1.82) is 0 Å². The minimum Gasteiger partial charge on any atom is -0.389 e. The fourth-order valence-electron chi connectivity index (χ4n) is 1.86. The van der Waals surface area contributed by atoms with Crippen molar-refractivity contribution in [3.8, 4) is 0 Å². The topological polar surface area (TPSA) is 29.5 Å². The maximum Gasteiger partial charge on any atom is 0.0722 e. The Labute approximate surface area is 74.9 Å². The molecule has 2 heteroatoms. The molecule has 0 aliphatic heterocycles. The molecule has 2 nitrogen and oxygen atoms in total. The van der Waals surface area contributed by atoms with Gasteiger partial charge in [0, 0.05) is 19.4 Å². The highest BCUT2D eigenvalue weighted by Gasteiger charge is 2.46. The van der Waals surface area contributed by atoms with Crippen molar-refractivity contribution in [2.24, 2.45) is 5.92 Å². The minimum absolute atomic E-state index is 0.314. The van der Waals surface area contributed by atoms with Gasteiger partial charge in [-0.1, -0.05) is 20.3 Å². The molecular weight excluding hydrogens is 152 g/mol. The van der Waals surface area contributed by atoms with Crippen molar-refractivity contribution < 1.29 is 9.84 Å². The maximum absolute atomic E-state index is 10.00. The summed E-state index contributed by atoms with van der Waals surface area (Å²) in [6, 6.07) is 0. The first-order valence-electron chi connectivity index (χ1n) is 4.96. The van der Waals surface area contributed by atoms with Crippen molar-refractivity contribution in [3.05, 3.63) is 0 Å². The van der Waals surface area contributed by atoms with Gasteiger partial charge in [0.25, 0.3) is 0 Å². The molecule has 0 bridgehead atoms. The van der Waals surface area contributed by atoms with E-state index in [0.29, 0.717) is 12.0 Å². The molecule has 1 aliphatic carbocycles. The number of aliphatic hydroxyl groups is 1. The van der Waals surface area contributed by atoms with Crippen molar-refractivity contribution in [2.75, 3.05) is 6.61 Å². The largest absolute Gasteiger partial charge is 0.389 e. The highest BCUT2D eigenvalue weighted by molar-refractivity contribution is 4.98. The van der Waals surface area contributed by atoms with E-state index in [1.165, 1.54) is 0 Å². The molecule has 1 rings (SSSR count). The summed E-state index contributed by atoms with van der Waals surface area (Å²) >= 11 is 0. The third kappa shape index (κ3) is 1.80. The van der Waals surface area contributed by atoms with E-state index >= 15 is 0 Å². The normalized spacial score (nSPS) is 37.5. The smallest absolute Gasteiger partial charge is 0.0722 e. The maximum atomic E-state index is 10.00. The van der Waals surface area contributed by atoms with Crippen LogP contribution in [0.25, 0.3) is 0 Å². The summed E-state index contributed by atoms with van der Waals surface area (Å²) in [5.41, 5.74) is -0.422. The van der Waals surface area contributed by atoms with Crippen molar-refractivity contribution in [1.82, 2.24) is 0 Å². The van der Waals surface area contributed by atoms with E-state index in [9.17, 15) is 5.11 Å². The standard InChI is InChI=1S/C10H20O2/c1-4-8(3)10(11)6-9(7-10)12-5-2/h8-9,11H,4-7H2,1-3H3. The van der Waals surface area contributed by atoms with Crippen LogP contribution in [0, 0.1) is 5.92 Å². The molecule has 72 valence electrons. The summed E-state index contributed by atoms with van der Waals surface area (Å²) in [6.45, 7) is 7.00. The summed E-state index contributed by atoms with van der Waals surface area (Å²) < 4.78 is 5.41. The molecule has 0 aromatic rings. The fraction of sp³-hybridized carbons (Fsp3) is 1.00. The molecule has 1 N–H and O–H groups in total. The van der Waals surface area contributed by atoms with Gasteiger partial charge in [0.05, 0.1) is 11.7 Å².